The molecule has 0 saturated carbocycles. The Balaban J connectivity index is 0.00000228. The largest absolute Gasteiger partial charge is 2.00 e. The Morgan fingerprint density at radius 1 is 0.697 bits per heavy atom. The monoisotopic (exact) mass is 609 g/mol. The molecule has 3 aromatic carbocycles. The molecule has 7 nitrogen and oxygen atoms in total. The van der Waals surface area contributed by atoms with Gasteiger partial charge in [-0.15, -0.1) is 18.2 Å². The summed E-state index contributed by atoms with van der Waals surface area (Å²) in [7, 11) is 0. The van der Waals surface area contributed by atoms with Crippen LogP contribution in [0.2, 0.25) is 0 Å². The number of ether oxygens (including phenoxy) is 1. The fraction of sp³-hybridized carbons (Fsp3) is 0. The number of nitrogens with zero attached hydrogens (tertiary/aromatic N) is 6. The van der Waals surface area contributed by atoms with Crippen molar-refractivity contribution in [2.75, 3.05) is 0 Å². The van der Waals surface area contributed by atoms with E-state index in [4.69, 9.17) is 4.74 Å². The van der Waals surface area contributed by atoms with E-state index in [1.807, 2.05) is 34.9 Å². The summed E-state index contributed by atoms with van der Waals surface area (Å²) in [6, 6.07) is 26.8. The Labute approximate surface area is 203 Å². The van der Waals surface area contributed by atoms with Gasteiger partial charge in [-0.25, -0.2) is 26.1 Å². The van der Waals surface area contributed by atoms with Crippen molar-refractivity contribution in [3.63, 3.8) is 0 Å². The van der Waals surface area contributed by atoms with Gasteiger partial charge >= 0.3 is 27.1 Å². The second kappa shape index (κ2) is 8.88. The summed E-state index contributed by atoms with van der Waals surface area (Å²) in [6.07, 6.45) is 6.49. The minimum Gasteiger partial charge on any atom is -0.445 e. The first-order valence-electron chi connectivity index (χ1n) is 9.94. The zero-order valence-corrected chi connectivity index (χ0v) is 19.3. The summed E-state index contributed by atoms with van der Waals surface area (Å²) in [5.74, 6) is 1.10. The molecule has 0 atom stereocenters. The van der Waals surface area contributed by atoms with Crippen LogP contribution >= 0.6 is 0 Å². The molecule has 8 heteroatoms. The van der Waals surface area contributed by atoms with E-state index in [0.717, 1.165) is 32.9 Å². The van der Waals surface area contributed by atoms with Gasteiger partial charge in [-0.05, 0) is 23.0 Å². The topological polar surface area (TPSA) is 78.6 Å². The molecule has 0 N–H and O–H groups in total. The Morgan fingerprint density at radius 2 is 1.55 bits per heavy atom. The Kier molecular flexibility index (Phi) is 5.63. The number of fused-ring (bicyclic) bond motifs is 3. The molecule has 0 radical (unpaired) electrons. The van der Waals surface area contributed by atoms with Gasteiger partial charge in [0.05, 0.1) is 12.4 Å². The first kappa shape index (κ1) is 20.9. The van der Waals surface area contributed by atoms with Crippen LogP contribution in [0.3, 0.4) is 0 Å². The third kappa shape index (κ3) is 3.88. The zero-order chi connectivity index (χ0) is 21.3. The van der Waals surface area contributed by atoms with Crippen LogP contribution in [0.25, 0.3) is 38.9 Å². The van der Waals surface area contributed by atoms with Gasteiger partial charge < -0.3 is 4.74 Å². The molecule has 0 fully saturated rings. The van der Waals surface area contributed by atoms with E-state index in [1.54, 1.807) is 24.5 Å². The summed E-state index contributed by atoms with van der Waals surface area (Å²) < 4.78 is 7.72. The fourth-order valence-electron chi connectivity index (χ4n) is 3.71. The maximum absolute atomic E-state index is 5.69. The van der Waals surface area contributed by atoms with Crippen molar-refractivity contribution in [3.8, 4) is 28.8 Å². The maximum atomic E-state index is 5.69. The van der Waals surface area contributed by atoms with Crippen molar-refractivity contribution < 1.29 is 25.8 Å². The van der Waals surface area contributed by atoms with Gasteiger partial charge in [-0.2, -0.15) is 29.4 Å². The van der Waals surface area contributed by atoms with E-state index in [-0.39, 0.29) is 27.1 Å². The predicted molar refractivity (Wildman–Crippen MR) is 119 cm³/mol. The zero-order valence-electron chi connectivity index (χ0n) is 17.0. The van der Waals surface area contributed by atoms with E-state index < -0.39 is 0 Å². The van der Waals surface area contributed by atoms with Crippen LogP contribution in [0.15, 0.2) is 85.5 Å². The first-order valence-corrected chi connectivity index (χ1v) is 9.94. The molecular formula is C25H14N6OPt. The van der Waals surface area contributed by atoms with Gasteiger partial charge in [0.15, 0.2) is 0 Å². The predicted octanol–water partition coefficient (Wildman–Crippen LogP) is 4.82. The number of benzene rings is 3. The van der Waals surface area contributed by atoms with Crippen LogP contribution in [-0.4, -0.2) is 29.7 Å². The third-order valence-electron chi connectivity index (χ3n) is 5.06. The molecule has 33 heavy (non-hydrogen) atoms. The van der Waals surface area contributed by atoms with Crippen molar-refractivity contribution in [2.24, 2.45) is 0 Å². The van der Waals surface area contributed by atoms with Crippen LogP contribution in [0, 0.1) is 12.1 Å². The number of hydrogen-bond donors (Lipinski definition) is 0. The number of hydrogen-bond acceptors (Lipinski definition) is 6. The van der Waals surface area contributed by atoms with Crippen LogP contribution in [0.1, 0.15) is 0 Å². The smallest absolute Gasteiger partial charge is 0.445 e. The van der Waals surface area contributed by atoms with E-state index in [1.165, 1.54) is 12.4 Å². The number of rotatable bonds is 4. The molecule has 0 aliphatic rings. The average molecular weight is 610 g/mol. The van der Waals surface area contributed by atoms with Crippen LogP contribution in [0.5, 0.6) is 11.8 Å². The molecule has 3 aromatic heterocycles. The van der Waals surface area contributed by atoms with Gasteiger partial charge in [-0.1, -0.05) is 28.7 Å². The molecular weight excluding hydrogens is 595 g/mol. The summed E-state index contributed by atoms with van der Waals surface area (Å²) in [4.78, 5) is 13.0. The molecule has 0 saturated heterocycles. The van der Waals surface area contributed by atoms with Gasteiger partial charge in [0.1, 0.15) is 0 Å². The van der Waals surface area contributed by atoms with Crippen molar-refractivity contribution in [1.82, 2.24) is 29.7 Å². The molecule has 6 aromatic rings. The fourth-order valence-corrected chi connectivity index (χ4v) is 3.71. The quantitative estimate of drug-likeness (QED) is 0.267. The molecule has 6 rings (SSSR count). The first-order chi connectivity index (χ1) is 15.9. The van der Waals surface area contributed by atoms with Gasteiger partial charge in [0, 0.05) is 23.7 Å². The third-order valence-corrected chi connectivity index (χ3v) is 5.06. The SMILES string of the molecule is [Pt+2].[c-]1c(Oc2nccnn2)cccc1-c1[c-]c2c(cc1)c1ccccc1n2-c1ncccn1. The normalized spacial score (nSPS) is 10.8. The van der Waals surface area contributed by atoms with E-state index in [0.29, 0.717) is 11.7 Å². The Morgan fingerprint density at radius 3 is 2.39 bits per heavy atom. The Hall–Kier alpha value is -3.96. The molecule has 3 heterocycles. The van der Waals surface area contributed by atoms with E-state index >= 15 is 0 Å². The van der Waals surface area contributed by atoms with Gasteiger partial charge in [0.25, 0.3) is 0 Å². The second-order valence-electron chi connectivity index (χ2n) is 6.99. The van der Waals surface area contributed by atoms with Crippen LogP contribution in [-0.2, 0) is 21.1 Å². The van der Waals surface area contributed by atoms with Gasteiger partial charge in [0.2, 0.25) is 5.95 Å². The number of aromatic nitrogens is 6. The van der Waals surface area contributed by atoms with Crippen LogP contribution < -0.4 is 4.74 Å². The maximum Gasteiger partial charge on any atom is 2.00 e. The molecule has 0 aliphatic heterocycles. The molecule has 0 amide bonds. The van der Waals surface area contributed by atoms with Crippen molar-refractivity contribution in [3.05, 3.63) is 97.6 Å². The average Bonchev–Trinajstić information content (AvgIpc) is 3.19. The van der Waals surface area contributed by atoms with Gasteiger partial charge in [-0.3, -0.25) is 4.57 Å². The van der Waals surface area contributed by atoms with E-state index in [2.05, 4.69) is 55.5 Å². The molecule has 0 unspecified atom stereocenters. The molecule has 0 bridgehead atoms. The standard InChI is InChI=1S/C25H14N6O.Pt/c1-2-8-22-20(7-1)21-10-9-18(16-23(21)31(22)24-26-11-4-12-27-24)17-5-3-6-19(15-17)32-25-28-13-14-29-30-25;/h1-14H;/q-2;+2. The van der Waals surface area contributed by atoms with Crippen molar-refractivity contribution >= 4 is 21.8 Å². The molecule has 0 aliphatic carbocycles. The summed E-state index contributed by atoms with van der Waals surface area (Å²) >= 11 is 0. The summed E-state index contributed by atoms with van der Waals surface area (Å²) in [5, 5.41) is 9.84. The second-order valence-corrected chi connectivity index (χ2v) is 6.99. The van der Waals surface area contributed by atoms with Crippen LogP contribution in [0.4, 0.5) is 0 Å². The summed E-state index contributed by atoms with van der Waals surface area (Å²) in [5.41, 5.74) is 3.62. The Bertz CT molecular complexity index is 1550. The summed E-state index contributed by atoms with van der Waals surface area (Å²) in [6.45, 7) is 0. The molecule has 160 valence electrons. The minimum absolute atomic E-state index is 0. The minimum atomic E-state index is 0. The van der Waals surface area contributed by atoms with E-state index in [9.17, 15) is 0 Å². The molecule has 0 spiro atoms. The van der Waals surface area contributed by atoms with Crippen molar-refractivity contribution in [1.29, 1.82) is 0 Å². The van der Waals surface area contributed by atoms with Crippen molar-refractivity contribution in [2.45, 2.75) is 0 Å². The number of para-hydroxylation sites is 1.